The number of amides is 1. The van der Waals surface area contributed by atoms with Crippen molar-refractivity contribution < 1.29 is 9.53 Å². The number of carbonyl (C=O) groups excluding carboxylic acids is 1. The van der Waals surface area contributed by atoms with Gasteiger partial charge in [0, 0.05) is 6.54 Å². The number of hydrogen-bond acceptors (Lipinski definition) is 3. The second-order valence-corrected chi connectivity index (χ2v) is 6.51. The van der Waals surface area contributed by atoms with E-state index in [1.165, 1.54) is 6.08 Å². The molecule has 0 saturated heterocycles. The molecule has 3 aromatic rings. The van der Waals surface area contributed by atoms with Gasteiger partial charge in [-0.2, -0.15) is 0 Å². The Morgan fingerprint density at radius 3 is 2.67 bits per heavy atom. The van der Waals surface area contributed by atoms with E-state index in [0.717, 1.165) is 46.7 Å². The quantitative estimate of drug-likeness (QED) is 0.487. The van der Waals surface area contributed by atoms with Crippen molar-refractivity contribution in [2.45, 2.75) is 33.4 Å². The number of carbonyl (C=O) groups is 1. The molecule has 0 unspecified atom stereocenters. The number of rotatable bonds is 8. The molecule has 0 saturated carbocycles. The van der Waals surface area contributed by atoms with Crippen LogP contribution in [0.3, 0.4) is 0 Å². The monoisotopic (exact) mass is 363 g/mol. The van der Waals surface area contributed by atoms with Crippen LogP contribution < -0.4 is 10.1 Å². The summed E-state index contributed by atoms with van der Waals surface area (Å²) < 4.78 is 8.16. The van der Waals surface area contributed by atoms with E-state index in [0.29, 0.717) is 13.2 Å². The second-order valence-electron chi connectivity index (χ2n) is 6.51. The van der Waals surface area contributed by atoms with E-state index >= 15 is 0 Å². The molecule has 0 spiro atoms. The average Bonchev–Trinajstić information content (AvgIpc) is 3.02. The molecule has 0 aliphatic rings. The minimum Gasteiger partial charge on any atom is -0.493 e. The molecule has 0 atom stereocenters. The lowest BCUT2D eigenvalue weighted by molar-refractivity contribution is -0.116. The van der Waals surface area contributed by atoms with E-state index in [9.17, 15) is 4.79 Å². The van der Waals surface area contributed by atoms with Gasteiger partial charge >= 0.3 is 0 Å². The van der Waals surface area contributed by atoms with Crippen molar-refractivity contribution >= 4 is 16.9 Å². The fourth-order valence-electron chi connectivity index (χ4n) is 3.17. The maximum Gasteiger partial charge on any atom is 0.243 e. The third kappa shape index (κ3) is 4.37. The zero-order chi connectivity index (χ0) is 19.2. The van der Waals surface area contributed by atoms with Gasteiger partial charge in [-0.15, -0.1) is 0 Å². The minimum atomic E-state index is -0.202. The maximum atomic E-state index is 11.5. The number of hydrogen-bond donors (Lipinski definition) is 1. The number of fused-ring (bicyclic) bond motifs is 1. The molecule has 1 N–H and O–H groups in total. The Labute approximate surface area is 159 Å². The van der Waals surface area contributed by atoms with Gasteiger partial charge in [-0.3, -0.25) is 4.79 Å². The number of ether oxygens (including phenoxy) is 1. The highest BCUT2D eigenvalue weighted by atomic mass is 16.5. The highest BCUT2D eigenvalue weighted by Crippen LogP contribution is 2.23. The number of benzene rings is 2. The summed E-state index contributed by atoms with van der Waals surface area (Å²) in [7, 11) is 0. The minimum absolute atomic E-state index is 0.202. The molecule has 0 radical (unpaired) electrons. The molecule has 1 heterocycles. The van der Waals surface area contributed by atoms with Crippen LogP contribution in [0.25, 0.3) is 11.0 Å². The molecule has 0 fully saturated rings. The highest BCUT2D eigenvalue weighted by molar-refractivity contribution is 5.86. The molecule has 5 nitrogen and oxygen atoms in total. The van der Waals surface area contributed by atoms with Crippen molar-refractivity contribution in [3.05, 3.63) is 72.1 Å². The van der Waals surface area contributed by atoms with Crippen LogP contribution >= 0.6 is 0 Å². The Balaban J connectivity index is 1.69. The van der Waals surface area contributed by atoms with Crippen molar-refractivity contribution in [2.24, 2.45) is 0 Å². The van der Waals surface area contributed by atoms with E-state index in [1.54, 1.807) is 0 Å². The van der Waals surface area contributed by atoms with E-state index in [1.807, 2.05) is 30.3 Å². The van der Waals surface area contributed by atoms with Crippen LogP contribution in [0.15, 0.2) is 55.1 Å². The summed E-state index contributed by atoms with van der Waals surface area (Å²) in [5.41, 5.74) is 4.29. The van der Waals surface area contributed by atoms with Crippen molar-refractivity contribution in [3.8, 4) is 5.75 Å². The van der Waals surface area contributed by atoms with Crippen LogP contribution in [0.1, 0.15) is 23.4 Å². The van der Waals surface area contributed by atoms with Crippen molar-refractivity contribution in [1.29, 1.82) is 0 Å². The van der Waals surface area contributed by atoms with Gasteiger partial charge in [0.1, 0.15) is 11.6 Å². The third-order valence-electron chi connectivity index (χ3n) is 4.52. The zero-order valence-corrected chi connectivity index (χ0v) is 15.9. The van der Waals surface area contributed by atoms with Crippen LogP contribution in [0.4, 0.5) is 0 Å². The summed E-state index contributed by atoms with van der Waals surface area (Å²) in [6.45, 7) is 9.37. The Kier molecular flexibility index (Phi) is 5.91. The first-order valence-corrected chi connectivity index (χ1v) is 9.13. The third-order valence-corrected chi connectivity index (χ3v) is 4.52. The van der Waals surface area contributed by atoms with Crippen molar-refractivity contribution in [2.75, 3.05) is 6.61 Å². The average molecular weight is 363 g/mol. The van der Waals surface area contributed by atoms with Gasteiger partial charge in [0.15, 0.2) is 0 Å². The molecular weight excluding hydrogens is 338 g/mol. The molecule has 3 rings (SSSR count). The molecule has 0 aliphatic heterocycles. The van der Waals surface area contributed by atoms with Gasteiger partial charge in [-0.25, -0.2) is 4.98 Å². The van der Waals surface area contributed by atoms with Crippen LogP contribution in [0.2, 0.25) is 0 Å². The topological polar surface area (TPSA) is 56.2 Å². The van der Waals surface area contributed by atoms with Crippen molar-refractivity contribution in [1.82, 2.24) is 14.9 Å². The zero-order valence-electron chi connectivity index (χ0n) is 15.9. The normalized spacial score (nSPS) is 10.7. The number of nitrogens with one attached hydrogen (secondary N) is 1. The van der Waals surface area contributed by atoms with Crippen LogP contribution in [0, 0.1) is 13.8 Å². The van der Waals surface area contributed by atoms with Crippen LogP contribution in [0.5, 0.6) is 5.75 Å². The standard InChI is InChI=1S/C22H25N3O2/c1-4-21(26)23-15-20-24-18-11-5-6-12-19(18)25(20)13-8-14-27-22-16(2)9-7-10-17(22)3/h4-7,9-12H,1,8,13-15H2,2-3H3,(H,23,26). The lowest BCUT2D eigenvalue weighted by atomic mass is 10.1. The fraction of sp³-hybridized carbons (Fsp3) is 0.273. The Morgan fingerprint density at radius 1 is 1.19 bits per heavy atom. The van der Waals surface area contributed by atoms with E-state index < -0.39 is 0 Å². The van der Waals surface area contributed by atoms with E-state index in [2.05, 4.69) is 47.4 Å². The first kappa shape index (κ1) is 18.7. The number of aromatic nitrogens is 2. The lowest BCUT2D eigenvalue weighted by Crippen LogP contribution is -2.22. The molecular formula is C22H25N3O2. The fourth-order valence-corrected chi connectivity index (χ4v) is 3.17. The number of para-hydroxylation sites is 3. The first-order chi connectivity index (χ1) is 13.1. The number of imidazole rings is 1. The SMILES string of the molecule is C=CC(=O)NCc1nc2ccccc2n1CCCOc1c(C)cccc1C. The van der Waals surface area contributed by atoms with Crippen molar-refractivity contribution in [3.63, 3.8) is 0 Å². The van der Waals surface area contributed by atoms with Gasteiger partial charge in [0.05, 0.1) is 24.2 Å². The first-order valence-electron chi connectivity index (χ1n) is 9.13. The summed E-state index contributed by atoms with van der Waals surface area (Å²) in [5, 5.41) is 2.81. The molecule has 1 amide bonds. The van der Waals surface area contributed by atoms with Gasteiger partial charge in [0.25, 0.3) is 0 Å². The van der Waals surface area contributed by atoms with Gasteiger partial charge < -0.3 is 14.6 Å². The molecule has 1 aromatic heterocycles. The van der Waals surface area contributed by atoms with Gasteiger partial charge in [-0.05, 0) is 49.6 Å². The van der Waals surface area contributed by atoms with Crippen LogP contribution in [-0.2, 0) is 17.9 Å². The molecule has 5 heteroatoms. The lowest BCUT2D eigenvalue weighted by Gasteiger charge is -2.13. The van der Waals surface area contributed by atoms with Gasteiger partial charge in [-0.1, -0.05) is 36.9 Å². The van der Waals surface area contributed by atoms with E-state index in [4.69, 9.17) is 4.74 Å². The summed E-state index contributed by atoms with van der Waals surface area (Å²) in [6, 6.07) is 14.2. The molecule has 140 valence electrons. The Hall–Kier alpha value is -3.08. The summed E-state index contributed by atoms with van der Waals surface area (Å²) in [4.78, 5) is 16.2. The predicted molar refractivity (Wildman–Crippen MR) is 108 cm³/mol. The molecule has 27 heavy (non-hydrogen) atoms. The number of nitrogens with zero attached hydrogens (tertiary/aromatic N) is 2. The highest BCUT2D eigenvalue weighted by Gasteiger charge is 2.11. The molecule has 2 aromatic carbocycles. The summed E-state index contributed by atoms with van der Waals surface area (Å²) in [5.74, 6) is 1.59. The van der Waals surface area contributed by atoms with Crippen LogP contribution in [-0.4, -0.2) is 22.1 Å². The maximum absolute atomic E-state index is 11.5. The largest absolute Gasteiger partial charge is 0.493 e. The smallest absolute Gasteiger partial charge is 0.243 e. The predicted octanol–water partition coefficient (Wildman–Crippen LogP) is 3.92. The molecule has 0 aliphatic carbocycles. The summed E-state index contributed by atoms with van der Waals surface area (Å²) in [6.07, 6.45) is 2.11. The Bertz CT molecular complexity index is 939. The van der Waals surface area contributed by atoms with E-state index in [-0.39, 0.29) is 5.91 Å². The summed E-state index contributed by atoms with van der Waals surface area (Å²) >= 11 is 0. The molecule has 0 bridgehead atoms. The number of aryl methyl sites for hydroxylation is 3. The van der Waals surface area contributed by atoms with Gasteiger partial charge in [0.2, 0.25) is 5.91 Å². The second kappa shape index (κ2) is 8.54. The Morgan fingerprint density at radius 2 is 1.93 bits per heavy atom.